The van der Waals surface area contributed by atoms with Gasteiger partial charge in [-0.2, -0.15) is 5.10 Å². The van der Waals surface area contributed by atoms with Crippen molar-refractivity contribution in [3.63, 3.8) is 0 Å². The number of aryl methyl sites for hydroxylation is 1. The standard InChI is InChI=1S/C17H23N3O/c1-3-13-5-7-14(8-6-13)20-17-15(9-11-18-17)16(19-20)10-12-21-4-2/h5-8,18H,3-4,9-12H2,1-2H3. The minimum atomic E-state index is 0.745. The zero-order chi connectivity index (χ0) is 14.7. The van der Waals surface area contributed by atoms with Gasteiger partial charge in [-0.15, -0.1) is 0 Å². The topological polar surface area (TPSA) is 39.1 Å². The molecule has 0 bridgehead atoms. The summed E-state index contributed by atoms with van der Waals surface area (Å²) in [5, 5.41) is 8.27. The van der Waals surface area contributed by atoms with Gasteiger partial charge in [0.05, 0.1) is 18.0 Å². The average Bonchev–Trinajstić information content (AvgIpc) is 3.11. The summed E-state index contributed by atoms with van der Waals surface area (Å²) in [5.41, 5.74) is 5.00. The van der Waals surface area contributed by atoms with E-state index in [-0.39, 0.29) is 0 Å². The van der Waals surface area contributed by atoms with Crippen LogP contribution >= 0.6 is 0 Å². The monoisotopic (exact) mass is 285 g/mol. The van der Waals surface area contributed by atoms with Crippen molar-refractivity contribution in [1.29, 1.82) is 0 Å². The van der Waals surface area contributed by atoms with Gasteiger partial charge in [0.25, 0.3) is 0 Å². The van der Waals surface area contributed by atoms with Crippen molar-refractivity contribution in [3.05, 3.63) is 41.1 Å². The summed E-state index contributed by atoms with van der Waals surface area (Å²) in [6.07, 6.45) is 3.01. The van der Waals surface area contributed by atoms with Gasteiger partial charge in [0, 0.05) is 25.1 Å². The number of aromatic nitrogens is 2. The minimum Gasteiger partial charge on any atom is -0.381 e. The molecule has 1 aromatic heterocycles. The Morgan fingerprint density at radius 2 is 2.05 bits per heavy atom. The number of nitrogens with one attached hydrogen (secondary N) is 1. The van der Waals surface area contributed by atoms with Gasteiger partial charge < -0.3 is 10.1 Å². The molecule has 2 heterocycles. The third-order valence-electron chi connectivity index (χ3n) is 4.01. The molecule has 2 aromatic rings. The van der Waals surface area contributed by atoms with Gasteiger partial charge in [-0.3, -0.25) is 0 Å². The molecule has 1 aliphatic rings. The van der Waals surface area contributed by atoms with E-state index in [0.717, 1.165) is 50.5 Å². The van der Waals surface area contributed by atoms with E-state index >= 15 is 0 Å². The molecule has 0 spiro atoms. The summed E-state index contributed by atoms with van der Waals surface area (Å²) in [4.78, 5) is 0. The molecule has 1 aromatic carbocycles. The van der Waals surface area contributed by atoms with E-state index in [1.165, 1.54) is 16.8 Å². The van der Waals surface area contributed by atoms with Crippen LogP contribution < -0.4 is 5.32 Å². The lowest BCUT2D eigenvalue weighted by Crippen LogP contribution is -2.06. The SMILES string of the molecule is CCOCCc1nn(-c2ccc(CC)cc2)c2c1CCN2. The average molecular weight is 285 g/mol. The molecule has 0 atom stereocenters. The second kappa shape index (κ2) is 6.31. The van der Waals surface area contributed by atoms with E-state index in [9.17, 15) is 0 Å². The van der Waals surface area contributed by atoms with Crippen LogP contribution in [0.4, 0.5) is 5.82 Å². The Bertz CT molecular complexity index is 601. The molecule has 0 saturated heterocycles. The molecule has 112 valence electrons. The fraction of sp³-hybridized carbons (Fsp3) is 0.471. The van der Waals surface area contributed by atoms with E-state index in [0.29, 0.717) is 0 Å². The van der Waals surface area contributed by atoms with Crippen LogP contribution in [0.15, 0.2) is 24.3 Å². The van der Waals surface area contributed by atoms with Crippen LogP contribution in [-0.2, 0) is 24.0 Å². The molecule has 4 nitrogen and oxygen atoms in total. The Labute approximate surface area is 126 Å². The largest absolute Gasteiger partial charge is 0.381 e. The van der Waals surface area contributed by atoms with Crippen LogP contribution in [-0.4, -0.2) is 29.5 Å². The van der Waals surface area contributed by atoms with Gasteiger partial charge in [0.1, 0.15) is 5.82 Å². The lowest BCUT2D eigenvalue weighted by atomic mass is 10.1. The van der Waals surface area contributed by atoms with E-state index in [2.05, 4.69) is 36.5 Å². The number of fused-ring (bicyclic) bond motifs is 1. The number of anilines is 1. The van der Waals surface area contributed by atoms with Crippen LogP contribution in [0.3, 0.4) is 0 Å². The molecule has 1 aliphatic heterocycles. The number of ether oxygens (including phenoxy) is 1. The first-order chi connectivity index (χ1) is 10.3. The van der Waals surface area contributed by atoms with Crippen molar-refractivity contribution in [1.82, 2.24) is 9.78 Å². The van der Waals surface area contributed by atoms with E-state index in [1.807, 2.05) is 11.6 Å². The van der Waals surface area contributed by atoms with Gasteiger partial charge in [0.2, 0.25) is 0 Å². The Morgan fingerprint density at radius 1 is 1.24 bits per heavy atom. The highest BCUT2D eigenvalue weighted by Crippen LogP contribution is 2.29. The highest BCUT2D eigenvalue weighted by Gasteiger charge is 2.22. The summed E-state index contributed by atoms with van der Waals surface area (Å²) >= 11 is 0. The van der Waals surface area contributed by atoms with Crippen LogP contribution in [0.5, 0.6) is 0 Å². The normalized spacial score (nSPS) is 13.2. The predicted molar refractivity (Wildman–Crippen MR) is 85.3 cm³/mol. The summed E-state index contributed by atoms with van der Waals surface area (Å²) in [6, 6.07) is 8.66. The first kappa shape index (κ1) is 14.1. The Kier molecular flexibility index (Phi) is 4.25. The van der Waals surface area contributed by atoms with E-state index in [1.54, 1.807) is 0 Å². The Hall–Kier alpha value is -1.81. The smallest absolute Gasteiger partial charge is 0.133 e. The van der Waals surface area contributed by atoms with Crippen LogP contribution in [0.25, 0.3) is 5.69 Å². The number of hydrogen-bond acceptors (Lipinski definition) is 3. The van der Waals surface area contributed by atoms with Gasteiger partial charge in [0.15, 0.2) is 0 Å². The van der Waals surface area contributed by atoms with Crippen molar-refractivity contribution in [2.24, 2.45) is 0 Å². The molecule has 21 heavy (non-hydrogen) atoms. The first-order valence-corrected chi connectivity index (χ1v) is 7.85. The van der Waals surface area contributed by atoms with Gasteiger partial charge in [-0.25, -0.2) is 4.68 Å². The molecule has 0 fully saturated rings. The summed E-state index contributed by atoms with van der Waals surface area (Å²) in [7, 11) is 0. The fourth-order valence-electron chi connectivity index (χ4n) is 2.82. The minimum absolute atomic E-state index is 0.745. The second-order valence-corrected chi connectivity index (χ2v) is 5.33. The molecule has 3 rings (SSSR count). The zero-order valence-corrected chi connectivity index (χ0v) is 12.9. The number of nitrogens with zero attached hydrogens (tertiary/aromatic N) is 2. The summed E-state index contributed by atoms with van der Waals surface area (Å²) < 4.78 is 7.52. The van der Waals surface area contributed by atoms with E-state index in [4.69, 9.17) is 9.84 Å². The summed E-state index contributed by atoms with van der Waals surface area (Å²) in [5.74, 6) is 1.16. The predicted octanol–water partition coefficient (Wildman–Crippen LogP) is 2.98. The molecule has 0 unspecified atom stereocenters. The van der Waals surface area contributed by atoms with Gasteiger partial charge >= 0.3 is 0 Å². The lowest BCUT2D eigenvalue weighted by Gasteiger charge is -2.07. The van der Waals surface area contributed by atoms with Crippen molar-refractivity contribution < 1.29 is 4.74 Å². The Morgan fingerprint density at radius 3 is 2.76 bits per heavy atom. The van der Waals surface area contributed by atoms with Gasteiger partial charge in [-0.1, -0.05) is 19.1 Å². The molecule has 0 aliphatic carbocycles. The highest BCUT2D eigenvalue weighted by molar-refractivity contribution is 5.57. The molecular weight excluding hydrogens is 262 g/mol. The maximum Gasteiger partial charge on any atom is 0.133 e. The molecule has 0 amide bonds. The molecule has 4 heteroatoms. The first-order valence-electron chi connectivity index (χ1n) is 7.85. The second-order valence-electron chi connectivity index (χ2n) is 5.33. The van der Waals surface area contributed by atoms with Gasteiger partial charge in [-0.05, 0) is 37.5 Å². The lowest BCUT2D eigenvalue weighted by molar-refractivity contribution is 0.150. The maximum atomic E-state index is 5.47. The number of benzene rings is 1. The van der Waals surface area contributed by atoms with Crippen LogP contribution in [0, 0.1) is 0 Å². The fourth-order valence-corrected chi connectivity index (χ4v) is 2.82. The van der Waals surface area contributed by atoms with Crippen molar-refractivity contribution >= 4 is 5.82 Å². The third-order valence-corrected chi connectivity index (χ3v) is 4.01. The number of hydrogen-bond donors (Lipinski definition) is 1. The highest BCUT2D eigenvalue weighted by atomic mass is 16.5. The summed E-state index contributed by atoms with van der Waals surface area (Å²) in [6.45, 7) is 6.71. The molecular formula is C17H23N3O. The third kappa shape index (κ3) is 2.81. The van der Waals surface area contributed by atoms with Crippen molar-refractivity contribution in [2.45, 2.75) is 33.1 Å². The molecule has 1 N–H and O–H groups in total. The Balaban J connectivity index is 1.89. The van der Waals surface area contributed by atoms with E-state index < -0.39 is 0 Å². The molecule has 0 radical (unpaired) electrons. The quantitative estimate of drug-likeness (QED) is 0.829. The maximum absolute atomic E-state index is 5.47. The van der Waals surface area contributed by atoms with Crippen molar-refractivity contribution in [3.8, 4) is 5.69 Å². The zero-order valence-electron chi connectivity index (χ0n) is 12.9. The molecule has 0 saturated carbocycles. The van der Waals surface area contributed by atoms with Crippen molar-refractivity contribution in [2.75, 3.05) is 25.1 Å². The van der Waals surface area contributed by atoms with Crippen LogP contribution in [0.1, 0.15) is 30.7 Å². The number of rotatable bonds is 6. The van der Waals surface area contributed by atoms with Crippen LogP contribution in [0.2, 0.25) is 0 Å².